The quantitative estimate of drug-likeness (QED) is 0.549. The summed E-state index contributed by atoms with van der Waals surface area (Å²) in [4.78, 5) is 27.9. The van der Waals surface area contributed by atoms with E-state index in [1.165, 1.54) is 0 Å². The van der Waals surface area contributed by atoms with Gasteiger partial charge in [0.25, 0.3) is 6.47 Å². The number of fused-ring (bicyclic) bond motifs is 2. The zero-order chi connectivity index (χ0) is 22.7. The van der Waals surface area contributed by atoms with Crippen LogP contribution in [0.4, 0.5) is 0 Å². The van der Waals surface area contributed by atoms with Crippen LogP contribution in [0.5, 0.6) is 5.75 Å². The minimum atomic E-state index is -0.932. The Balaban J connectivity index is 1.54. The van der Waals surface area contributed by atoms with Gasteiger partial charge in [-0.25, -0.2) is 14.8 Å². The summed E-state index contributed by atoms with van der Waals surface area (Å²) >= 11 is 0. The molecule has 6 rings (SSSR count). The molecule has 4 aliphatic heterocycles. The van der Waals surface area contributed by atoms with E-state index in [4.69, 9.17) is 29.0 Å². The first-order valence-electron chi connectivity index (χ1n) is 11.4. The fourth-order valence-electron chi connectivity index (χ4n) is 6.21. The summed E-state index contributed by atoms with van der Waals surface area (Å²) in [6, 6.07) is 5.00. The molecule has 0 radical (unpaired) electrons. The number of aliphatic imine (C=N–C) groups is 1. The molecule has 8 atom stereocenters. The van der Waals surface area contributed by atoms with Gasteiger partial charge in [-0.3, -0.25) is 4.79 Å². The Morgan fingerprint density at radius 1 is 1.19 bits per heavy atom. The highest BCUT2D eigenvalue weighted by atomic mass is 17.3. The molecule has 1 aliphatic carbocycles. The lowest BCUT2D eigenvalue weighted by molar-refractivity contribution is -0.557. The van der Waals surface area contributed by atoms with Gasteiger partial charge in [-0.05, 0) is 56.7 Å². The van der Waals surface area contributed by atoms with Crippen molar-refractivity contribution in [1.82, 2.24) is 0 Å². The number of hydrogen-bond acceptors (Lipinski definition) is 8. The van der Waals surface area contributed by atoms with Crippen LogP contribution < -0.4 is 0 Å². The average molecular weight is 446 g/mol. The molecular formula is C24H31NO7. The minimum Gasteiger partial charge on any atom is -0.508 e. The maximum absolute atomic E-state index is 11.3. The molecule has 4 unspecified atom stereocenters. The lowest BCUT2D eigenvalue weighted by Crippen LogP contribution is -2.69. The Morgan fingerprint density at radius 2 is 2.00 bits per heavy atom. The van der Waals surface area contributed by atoms with Crippen LogP contribution in [-0.2, 0) is 28.8 Å². The molecule has 1 saturated carbocycles. The predicted molar refractivity (Wildman–Crippen MR) is 113 cm³/mol. The maximum Gasteiger partial charge on any atom is 0.295 e. The molecule has 0 aromatic heterocycles. The molecule has 1 N–H and O–H groups in total. The summed E-state index contributed by atoms with van der Waals surface area (Å²) in [5, 5.41) is 10.0. The van der Waals surface area contributed by atoms with E-state index in [0.717, 1.165) is 31.2 Å². The van der Waals surface area contributed by atoms with Crippen molar-refractivity contribution in [3.63, 3.8) is 0 Å². The van der Waals surface area contributed by atoms with Gasteiger partial charge >= 0.3 is 0 Å². The molecule has 1 spiro atoms. The topological polar surface area (TPSA) is 95.8 Å². The van der Waals surface area contributed by atoms with Crippen LogP contribution in [0, 0.1) is 30.6 Å². The maximum atomic E-state index is 11.3. The van der Waals surface area contributed by atoms with Gasteiger partial charge in [0, 0.05) is 29.7 Å². The first-order chi connectivity index (χ1) is 15.3. The van der Waals surface area contributed by atoms with Gasteiger partial charge in [0.15, 0.2) is 11.5 Å². The van der Waals surface area contributed by atoms with Crippen LogP contribution in [0.1, 0.15) is 63.8 Å². The third-order valence-electron chi connectivity index (χ3n) is 7.79. The number of hydrogen-bond donors (Lipinski definition) is 1. The van der Waals surface area contributed by atoms with Gasteiger partial charge < -0.3 is 19.3 Å². The Kier molecular flexibility index (Phi) is 5.22. The summed E-state index contributed by atoms with van der Waals surface area (Å²) in [6.07, 6.45) is 2.12. The monoisotopic (exact) mass is 445 g/mol. The second kappa shape index (κ2) is 7.71. The SMILES string of the molecule is Cc1cc(O)cc(C(N=C2O[C@H]3O[C@@]4(C)CCC5[C@@H](C)CCC([C@@H]2C)C53OO4)OC=O)c1. The fraction of sp³-hybridized carbons (Fsp3) is 0.667. The van der Waals surface area contributed by atoms with Crippen molar-refractivity contribution in [3.05, 3.63) is 29.3 Å². The Bertz CT molecular complexity index is 915. The van der Waals surface area contributed by atoms with E-state index in [-0.39, 0.29) is 23.5 Å². The lowest BCUT2D eigenvalue weighted by Gasteiger charge is -2.58. The van der Waals surface area contributed by atoms with E-state index < -0.39 is 23.9 Å². The molecule has 1 aromatic rings. The number of nitrogens with zero attached hydrogens (tertiary/aromatic N) is 1. The van der Waals surface area contributed by atoms with E-state index in [1.807, 2.05) is 19.9 Å². The number of rotatable bonds is 4. The molecule has 4 saturated heterocycles. The number of phenols is 1. The molecular weight excluding hydrogens is 414 g/mol. The second-order valence-corrected chi connectivity index (χ2v) is 9.97. The highest BCUT2D eigenvalue weighted by Crippen LogP contribution is 2.60. The Labute approximate surface area is 187 Å². The van der Waals surface area contributed by atoms with Crippen molar-refractivity contribution in [1.29, 1.82) is 0 Å². The lowest BCUT2D eigenvalue weighted by atomic mass is 9.58. The van der Waals surface area contributed by atoms with Crippen molar-refractivity contribution < 1.29 is 33.9 Å². The van der Waals surface area contributed by atoms with Crippen LogP contribution in [-0.4, -0.2) is 35.2 Å². The van der Waals surface area contributed by atoms with Crippen molar-refractivity contribution in [2.24, 2.45) is 28.7 Å². The van der Waals surface area contributed by atoms with Crippen LogP contribution in [0.15, 0.2) is 23.2 Å². The van der Waals surface area contributed by atoms with E-state index in [9.17, 15) is 9.90 Å². The van der Waals surface area contributed by atoms with Gasteiger partial charge in [-0.2, -0.15) is 0 Å². The standard InChI is InChI=1S/C24H31NO7/c1-13-9-16(11-17(27)10-13)21(28-12-26)25-20-15(3)19-6-5-14(2)18-7-8-23(4)30-22(29-20)24(18,19)32-31-23/h9-12,14-15,18-19,21-22,27H,5-8H2,1-4H3/t14-,15-,18?,19?,21?,22-,23+,24?/m0/s1. The number of carbonyl (C=O) groups is 1. The van der Waals surface area contributed by atoms with Gasteiger partial charge in [0.2, 0.25) is 18.3 Å². The summed E-state index contributed by atoms with van der Waals surface area (Å²) in [5.74, 6) is 0.408. The first kappa shape index (κ1) is 21.7. The van der Waals surface area contributed by atoms with Crippen LogP contribution in [0.25, 0.3) is 0 Å². The van der Waals surface area contributed by atoms with Gasteiger partial charge in [-0.15, -0.1) is 0 Å². The highest BCUT2D eigenvalue weighted by molar-refractivity contribution is 5.80. The minimum absolute atomic E-state index is 0.0863. The second-order valence-electron chi connectivity index (χ2n) is 9.97. The molecule has 8 heteroatoms. The largest absolute Gasteiger partial charge is 0.508 e. The number of phenolic OH excluding ortho intramolecular Hbond substituents is 1. The molecule has 0 amide bonds. The van der Waals surface area contributed by atoms with Gasteiger partial charge in [0.05, 0.1) is 0 Å². The number of benzene rings is 1. The molecule has 2 bridgehead atoms. The molecule has 32 heavy (non-hydrogen) atoms. The Morgan fingerprint density at radius 3 is 2.75 bits per heavy atom. The molecule has 174 valence electrons. The van der Waals surface area contributed by atoms with Crippen molar-refractivity contribution in [3.8, 4) is 5.75 Å². The van der Waals surface area contributed by atoms with E-state index in [2.05, 4.69) is 13.8 Å². The van der Waals surface area contributed by atoms with E-state index in [0.29, 0.717) is 23.9 Å². The summed E-state index contributed by atoms with van der Waals surface area (Å²) in [5.41, 5.74) is 0.723. The summed E-state index contributed by atoms with van der Waals surface area (Å²) in [7, 11) is 0. The fourth-order valence-corrected chi connectivity index (χ4v) is 6.21. The highest BCUT2D eigenvalue weighted by Gasteiger charge is 2.69. The van der Waals surface area contributed by atoms with Crippen molar-refractivity contribution >= 4 is 12.4 Å². The number of carbonyl (C=O) groups excluding carboxylic acids is 1. The van der Waals surface area contributed by atoms with Crippen LogP contribution in [0.2, 0.25) is 0 Å². The average Bonchev–Trinajstić information content (AvgIpc) is 2.96. The van der Waals surface area contributed by atoms with Gasteiger partial charge in [-0.1, -0.05) is 19.9 Å². The number of aromatic hydroxyl groups is 1. The van der Waals surface area contributed by atoms with Crippen molar-refractivity contribution in [2.75, 3.05) is 0 Å². The zero-order valence-electron chi connectivity index (χ0n) is 18.9. The number of aryl methyl sites for hydroxylation is 1. The molecule has 5 aliphatic rings. The molecule has 8 nitrogen and oxygen atoms in total. The number of ether oxygens (including phenoxy) is 3. The third-order valence-corrected chi connectivity index (χ3v) is 7.79. The first-order valence-corrected chi connectivity index (χ1v) is 11.4. The van der Waals surface area contributed by atoms with E-state index >= 15 is 0 Å². The molecule has 1 aromatic carbocycles. The third kappa shape index (κ3) is 3.31. The summed E-state index contributed by atoms with van der Waals surface area (Å²) < 4.78 is 18.0. The normalized spacial score (nSPS) is 42.5. The summed E-state index contributed by atoms with van der Waals surface area (Å²) in [6.45, 7) is 8.43. The zero-order valence-corrected chi connectivity index (χ0v) is 18.9. The van der Waals surface area contributed by atoms with Crippen LogP contribution >= 0.6 is 0 Å². The van der Waals surface area contributed by atoms with Crippen molar-refractivity contribution in [2.45, 2.75) is 77.3 Å². The van der Waals surface area contributed by atoms with Gasteiger partial charge in [0.1, 0.15) is 5.75 Å². The van der Waals surface area contributed by atoms with E-state index in [1.54, 1.807) is 12.1 Å². The molecule has 5 fully saturated rings. The predicted octanol–water partition coefficient (Wildman–Crippen LogP) is 4.15. The smallest absolute Gasteiger partial charge is 0.295 e. The van der Waals surface area contributed by atoms with Crippen LogP contribution in [0.3, 0.4) is 0 Å². The molecule has 4 heterocycles. The Hall–Kier alpha value is -2.16.